The normalized spacial score (nSPS) is 40.5. The number of carboxylic acids is 1. The molecular weight excluding hydrogens is 228 g/mol. The third-order valence-electron chi connectivity index (χ3n) is 5.22. The zero-order valence-corrected chi connectivity index (χ0v) is 11.6. The van der Waals surface area contributed by atoms with E-state index in [2.05, 4.69) is 6.92 Å². The molecule has 3 nitrogen and oxygen atoms in total. The molecule has 18 heavy (non-hydrogen) atoms. The van der Waals surface area contributed by atoms with Crippen molar-refractivity contribution in [3.05, 3.63) is 0 Å². The highest BCUT2D eigenvalue weighted by Gasteiger charge is 2.51. The molecule has 102 valence electrons. The van der Waals surface area contributed by atoms with Crippen molar-refractivity contribution < 1.29 is 14.7 Å². The number of ketones is 1. The fourth-order valence-electron chi connectivity index (χ4n) is 4.22. The first-order valence-corrected chi connectivity index (χ1v) is 7.14. The zero-order valence-electron chi connectivity index (χ0n) is 11.6. The molecule has 5 atom stereocenters. The molecule has 0 radical (unpaired) electrons. The first-order valence-electron chi connectivity index (χ1n) is 7.14. The highest BCUT2D eigenvalue weighted by molar-refractivity contribution is 5.86. The summed E-state index contributed by atoms with van der Waals surface area (Å²) < 4.78 is 0. The van der Waals surface area contributed by atoms with Gasteiger partial charge in [-0.05, 0) is 43.9 Å². The Morgan fingerprint density at radius 2 is 2.00 bits per heavy atom. The summed E-state index contributed by atoms with van der Waals surface area (Å²) in [4.78, 5) is 23.7. The van der Waals surface area contributed by atoms with Gasteiger partial charge in [0, 0.05) is 11.3 Å². The molecule has 2 fully saturated rings. The van der Waals surface area contributed by atoms with Crippen LogP contribution in [0.5, 0.6) is 0 Å². The van der Waals surface area contributed by atoms with Gasteiger partial charge in [-0.2, -0.15) is 0 Å². The number of hydrogen-bond donors (Lipinski definition) is 1. The molecule has 2 aliphatic rings. The Bertz CT molecular complexity index is 363. The van der Waals surface area contributed by atoms with Crippen molar-refractivity contribution in [2.75, 3.05) is 0 Å². The predicted molar refractivity (Wildman–Crippen MR) is 69.1 cm³/mol. The second kappa shape index (κ2) is 4.67. The van der Waals surface area contributed by atoms with Gasteiger partial charge in [0.15, 0.2) is 0 Å². The molecule has 0 aromatic carbocycles. The van der Waals surface area contributed by atoms with E-state index in [0.717, 1.165) is 32.1 Å². The molecule has 5 unspecified atom stereocenters. The molecule has 2 aliphatic carbocycles. The van der Waals surface area contributed by atoms with E-state index in [1.807, 2.05) is 13.8 Å². The van der Waals surface area contributed by atoms with E-state index in [0.29, 0.717) is 11.7 Å². The summed E-state index contributed by atoms with van der Waals surface area (Å²) in [5.74, 6) is 0.257. The number of hydrogen-bond acceptors (Lipinski definition) is 2. The summed E-state index contributed by atoms with van der Waals surface area (Å²) in [6, 6.07) is 0. The summed E-state index contributed by atoms with van der Waals surface area (Å²) in [6.45, 7) is 6.10. The lowest BCUT2D eigenvalue weighted by molar-refractivity contribution is -0.144. The van der Waals surface area contributed by atoms with Crippen LogP contribution in [-0.2, 0) is 9.59 Å². The number of Topliss-reactive ketones (excluding diaryl/α,β-unsaturated/α-hetero) is 1. The van der Waals surface area contributed by atoms with Crippen molar-refractivity contribution in [1.29, 1.82) is 0 Å². The molecular formula is C15H24O3. The first kappa shape index (κ1) is 13.6. The number of rotatable bonds is 4. The van der Waals surface area contributed by atoms with Crippen LogP contribution in [0.2, 0.25) is 0 Å². The number of carbonyl (C=O) groups excluding carboxylic acids is 1. The number of aliphatic carboxylic acids is 1. The summed E-state index contributed by atoms with van der Waals surface area (Å²) >= 11 is 0. The van der Waals surface area contributed by atoms with E-state index in [1.165, 1.54) is 0 Å². The third kappa shape index (κ3) is 2.19. The van der Waals surface area contributed by atoms with Gasteiger partial charge in [-0.1, -0.05) is 20.8 Å². The number of fused-ring (bicyclic) bond motifs is 2. The largest absolute Gasteiger partial charge is 0.481 e. The third-order valence-corrected chi connectivity index (χ3v) is 5.22. The number of carboxylic acid groups (broad SMARTS) is 1. The van der Waals surface area contributed by atoms with Gasteiger partial charge in [0.2, 0.25) is 0 Å². The fourth-order valence-corrected chi connectivity index (χ4v) is 4.22. The predicted octanol–water partition coefficient (Wildman–Crippen LogP) is 3.13. The van der Waals surface area contributed by atoms with Crippen LogP contribution in [0.15, 0.2) is 0 Å². The highest BCUT2D eigenvalue weighted by Crippen LogP contribution is 2.54. The Hall–Kier alpha value is -0.860. The molecule has 3 heteroatoms. The van der Waals surface area contributed by atoms with Crippen molar-refractivity contribution in [2.24, 2.45) is 29.1 Å². The van der Waals surface area contributed by atoms with Crippen molar-refractivity contribution >= 4 is 11.8 Å². The van der Waals surface area contributed by atoms with E-state index in [9.17, 15) is 14.7 Å². The van der Waals surface area contributed by atoms with E-state index < -0.39 is 5.97 Å². The Morgan fingerprint density at radius 1 is 1.33 bits per heavy atom. The molecule has 0 amide bonds. The number of carbonyl (C=O) groups is 2. The SMILES string of the molecule is CCC(C)C(=O)C1(C)CC2CC(C1)C(C(=O)O)C2. The lowest BCUT2D eigenvalue weighted by Gasteiger charge is -2.38. The standard InChI is InChI=1S/C15H24O3/c1-4-9(2)13(16)15(3)7-10-5-11(8-15)12(6-10)14(17)18/h9-12H,4-8H2,1-3H3,(H,17,18). The lowest BCUT2D eigenvalue weighted by Crippen LogP contribution is -2.38. The summed E-state index contributed by atoms with van der Waals surface area (Å²) in [5.41, 5.74) is -0.271. The van der Waals surface area contributed by atoms with Crippen LogP contribution in [-0.4, -0.2) is 16.9 Å². The van der Waals surface area contributed by atoms with Gasteiger partial charge < -0.3 is 5.11 Å². The lowest BCUT2D eigenvalue weighted by atomic mass is 9.65. The Morgan fingerprint density at radius 3 is 2.56 bits per heavy atom. The minimum atomic E-state index is -0.664. The monoisotopic (exact) mass is 252 g/mol. The maximum absolute atomic E-state index is 12.5. The van der Waals surface area contributed by atoms with Gasteiger partial charge in [-0.15, -0.1) is 0 Å². The minimum Gasteiger partial charge on any atom is -0.481 e. The van der Waals surface area contributed by atoms with E-state index in [1.54, 1.807) is 0 Å². The quantitative estimate of drug-likeness (QED) is 0.836. The second-order valence-electron chi connectivity index (χ2n) is 6.68. The van der Waals surface area contributed by atoms with Crippen LogP contribution >= 0.6 is 0 Å². The average molecular weight is 252 g/mol. The molecule has 2 saturated carbocycles. The van der Waals surface area contributed by atoms with Crippen molar-refractivity contribution in [1.82, 2.24) is 0 Å². The van der Waals surface area contributed by atoms with Crippen LogP contribution in [0.3, 0.4) is 0 Å². The Balaban J connectivity index is 2.15. The van der Waals surface area contributed by atoms with Gasteiger partial charge in [0.05, 0.1) is 5.92 Å². The molecule has 0 spiro atoms. The second-order valence-corrected chi connectivity index (χ2v) is 6.68. The maximum atomic E-state index is 12.5. The molecule has 0 aliphatic heterocycles. The summed E-state index contributed by atoms with van der Waals surface area (Å²) in [6.07, 6.45) is 4.36. The molecule has 1 N–H and O–H groups in total. The summed E-state index contributed by atoms with van der Waals surface area (Å²) in [5, 5.41) is 9.24. The molecule has 0 aromatic heterocycles. The minimum absolute atomic E-state index is 0.107. The molecule has 2 bridgehead atoms. The van der Waals surface area contributed by atoms with Gasteiger partial charge >= 0.3 is 5.97 Å². The van der Waals surface area contributed by atoms with Crippen molar-refractivity contribution in [3.8, 4) is 0 Å². The van der Waals surface area contributed by atoms with Crippen LogP contribution in [0.4, 0.5) is 0 Å². The van der Waals surface area contributed by atoms with E-state index in [4.69, 9.17) is 0 Å². The van der Waals surface area contributed by atoms with Gasteiger partial charge in [-0.3, -0.25) is 9.59 Å². The zero-order chi connectivity index (χ0) is 13.5. The summed E-state index contributed by atoms with van der Waals surface area (Å²) in [7, 11) is 0. The topological polar surface area (TPSA) is 54.4 Å². The molecule has 0 aromatic rings. The molecule has 0 heterocycles. The average Bonchev–Trinajstić information content (AvgIpc) is 2.63. The van der Waals surface area contributed by atoms with Gasteiger partial charge in [0.1, 0.15) is 5.78 Å². The maximum Gasteiger partial charge on any atom is 0.306 e. The van der Waals surface area contributed by atoms with E-state index in [-0.39, 0.29) is 23.2 Å². The Labute approximate surface area is 109 Å². The molecule has 2 rings (SSSR count). The highest BCUT2D eigenvalue weighted by atomic mass is 16.4. The van der Waals surface area contributed by atoms with Gasteiger partial charge in [0.25, 0.3) is 0 Å². The smallest absolute Gasteiger partial charge is 0.306 e. The van der Waals surface area contributed by atoms with Crippen molar-refractivity contribution in [2.45, 2.75) is 52.9 Å². The van der Waals surface area contributed by atoms with Crippen molar-refractivity contribution in [3.63, 3.8) is 0 Å². The fraction of sp³-hybridized carbons (Fsp3) is 0.867. The van der Waals surface area contributed by atoms with Crippen LogP contribution in [0.25, 0.3) is 0 Å². The van der Waals surface area contributed by atoms with E-state index >= 15 is 0 Å². The van der Waals surface area contributed by atoms with Crippen LogP contribution in [0, 0.1) is 29.1 Å². The molecule has 0 saturated heterocycles. The van der Waals surface area contributed by atoms with Crippen LogP contribution in [0.1, 0.15) is 52.9 Å². The van der Waals surface area contributed by atoms with Gasteiger partial charge in [-0.25, -0.2) is 0 Å². The Kier molecular flexibility index (Phi) is 3.52. The first-order chi connectivity index (χ1) is 8.37. The van der Waals surface area contributed by atoms with Crippen LogP contribution < -0.4 is 0 Å².